The van der Waals surface area contributed by atoms with Gasteiger partial charge in [-0.3, -0.25) is 14.6 Å². The summed E-state index contributed by atoms with van der Waals surface area (Å²) in [4.78, 5) is 29.9. The SMILES string of the molecule is Cc1ncccc1N1C(=O)c2cccc(N)c2C1=O. The van der Waals surface area contributed by atoms with Crippen LogP contribution >= 0.6 is 0 Å². The predicted octanol–water partition coefficient (Wildman–Crippen LogP) is 1.77. The molecule has 3 rings (SSSR count). The average Bonchev–Trinajstić information content (AvgIpc) is 2.64. The molecule has 2 heterocycles. The number of anilines is 2. The molecule has 0 saturated carbocycles. The molecule has 5 heteroatoms. The summed E-state index contributed by atoms with van der Waals surface area (Å²) in [6.07, 6.45) is 1.62. The number of rotatable bonds is 1. The summed E-state index contributed by atoms with van der Waals surface area (Å²) in [5.41, 5.74) is 7.84. The summed E-state index contributed by atoms with van der Waals surface area (Å²) >= 11 is 0. The molecule has 0 unspecified atom stereocenters. The van der Waals surface area contributed by atoms with Crippen molar-refractivity contribution in [3.05, 3.63) is 53.3 Å². The quantitative estimate of drug-likeness (QED) is 0.620. The van der Waals surface area contributed by atoms with Crippen LogP contribution in [0.2, 0.25) is 0 Å². The van der Waals surface area contributed by atoms with E-state index in [1.807, 2.05) is 0 Å². The lowest BCUT2D eigenvalue weighted by molar-refractivity contribution is 0.0926. The highest BCUT2D eigenvalue weighted by atomic mass is 16.2. The number of aromatic nitrogens is 1. The van der Waals surface area contributed by atoms with Gasteiger partial charge in [0.2, 0.25) is 0 Å². The molecule has 0 fully saturated rings. The van der Waals surface area contributed by atoms with E-state index >= 15 is 0 Å². The van der Waals surface area contributed by atoms with Gasteiger partial charge in [0.1, 0.15) is 0 Å². The van der Waals surface area contributed by atoms with E-state index in [1.165, 1.54) is 0 Å². The number of nitrogens with zero attached hydrogens (tertiary/aromatic N) is 2. The molecule has 1 aliphatic rings. The Labute approximate surface area is 109 Å². The number of amides is 2. The van der Waals surface area contributed by atoms with Crippen molar-refractivity contribution in [2.45, 2.75) is 6.92 Å². The lowest BCUT2D eigenvalue weighted by Crippen LogP contribution is -2.30. The maximum Gasteiger partial charge on any atom is 0.268 e. The second-order valence-corrected chi connectivity index (χ2v) is 4.32. The van der Waals surface area contributed by atoms with Crippen molar-refractivity contribution in [3.63, 3.8) is 0 Å². The molecule has 0 bridgehead atoms. The Hall–Kier alpha value is -2.69. The third kappa shape index (κ3) is 1.52. The minimum absolute atomic E-state index is 0.274. The minimum atomic E-state index is -0.394. The molecule has 1 aromatic heterocycles. The number of carbonyl (C=O) groups is 2. The van der Waals surface area contributed by atoms with E-state index in [1.54, 1.807) is 43.5 Å². The zero-order chi connectivity index (χ0) is 13.6. The molecule has 1 aliphatic heterocycles. The van der Waals surface area contributed by atoms with E-state index in [2.05, 4.69) is 4.98 Å². The van der Waals surface area contributed by atoms with Crippen molar-refractivity contribution in [1.82, 2.24) is 4.98 Å². The van der Waals surface area contributed by atoms with Gasteiger partial charge in [-0.2, -0.15) is 0 Å². The molecule has 0 radical (unpaired) electrons. The van der Waals surface area contributed by atoms with Gasteiger partial charge in [-0.15, -0.1) is 0 Å². The number of imide groups is 1. The first-order valence-electron chi connectivity index (χ1n) is 5.80. The van der Waals surface area contributed by atoms with E-state index in [9.17, 15) is 9.59 Å². The zero-order valence-electron chi connectivity index (χ0n) is 10.3. The summed E-state index contributed by atoms with van der Waals surface area (Å²) in [6, 6.07) is 8.27. The highest BCUT2D eigenvalue weighted by molar-refractivity contribution is 6.36. The number of hydrogen-bond acceptors (Lipinski definition) is 4. The molecular formula is C14H11N3O2. The third-order valence-corrected chi connectivity index (χ3v) is 3.17. The molecule has 0 atom stereocenters. The molecule has 2 aromatic rings. The number of pyridine rings is 1. The maximum atomic E-state index is 12.4. The number of nitrogens with two attached hydrogens (primary N) is 1. The Kier molecular flexibility index (Phi) is 2.35. The fourth-order valence-electron chi connectivity index (χ4n) is 2.24. The lowest BCUT2D eigenvalue weighted by atomic mass is 10.1. The van der Waals surface area contributed by atoms with E-state index in [-0.39, 0.29) is 11.5 Å². The summed E-state index contributed by atoms with van der Waals surface area (Å²) in [5, 5.41) is 0. The van der Waals surface area contributed by atoms with E-state index < -0.39 is 5.91 Å². The highest BCUT2D eigenvalue weighted by Crippen LogP contribution is 2.32. The van der Waals surface area contributed by atoms with E-state index in [0.29, 0.717) is 22.6 Å². The fraction of sp³-hybridized carbons (Fsp3) is 0.0714. The normalized spacial score (nSPS) is 13.8. The van der Waals surface area contributed by atoms with Gasteiger partial charge in [0.25, 0.3) is 11.8 Å². The second-order valence-electron chi connectivity index (χ2n) is 4.32. The van der Waals surface area contributed by atoms with Crippen LogP contribution in [0.15, 0.2) is 36.5 Å². The number of carbonyl (C=O) groups excluding carboxylic acids is 2. The van der Waals surface area contributed by atoms with Crippen LogP contribution in [0, 0.1) is 6.92 Å². The average molecular weight is 253 g/mol. The monoisotopic (exact) mass is 253 g/mol. The molecule has 1 aromatic carbocycles. The van der Waals surface area contributed by atoms with Crippen LogP contribution in [0.3, 0.4) is 0 Å². The Morgan fingerprint density at radius 2 is 1.89 bits per heavy atom. The number of benzene rings is 1. The Bertz CT molecular complexity index is 710. The third-order valence-electron chi connectivity index (χ3n) is 3.17. The number of fused-ring (bicyclic) bond motifs is 1. The summed E-state index contributed by atoms with van der Waals surface area (Å²) < 4.78 is 0. The smallest absolute Gasteiger partial charge is 0.268 e. The van der Waals surface area contributed by atoms with Gasteiger partial charge in [0, 0.05) is 11.9 Å². The van der Waals surface area contributed by atoms with Crippen LogP contribution < -0.4 is 10.6 Å². The van der Waals surface area contributed by atoms with Gasteiger partial charge in [-0.05, 0) is 31.2 Å². The van der Waals surface area contributed by atoms with Crippen LogP contribution in [0.5, 0.6) is 0 Å². The van der Waals surface area contributed by atoms with Gasteiger partial charge >= 0.3 is 0 Å². The van der Waals surface area contributed by atoms with Crippen LogP contribution in [0.4, 0.5) is 11.4 Å². The largest absolute Gasteiger partial charge is 0.398 e. The molecular weight excluding hydrogens is 242 g/mol. The molecule has 2 N–H and O–H groups in total. The topological polar surface area (TPSA) is 76.3 Å². The molecule has 19 heavy (non-hydrogen) atoms. The number of aryl methyl sites for hydroxylation is 1. The molecule has 0 aliphatic carbocycles. The molecule has 2 amide bonds. The summed E-state index contributed by atoms with van der Waals surface area (Å²) in [6.45, 7) is 1.75. The van der Waals surface area contributed by atoms with Crippen LogP contribution in [0.1, 0.15) is 26.4 Å². The maximum absolute atomic E-state index is 12.4. The van der Waals surface area contributed by atoms with Crippen molar-refractivity contribution in [1.29, 1.82) is 0 Å². The first kappa shape index (κ1) is 11.4. The van der Waals surface area contributed by atoms with Crippen molar-refractivity contribution < 1.29 is 9.59 Å². The first-order valence-corrected chi connectivity index (χ1v) is 5.80. The summed E-state index contributed by atoms with van der Waals surface area (Å²) in [5.74, 6) is -0.752. The minimum Gasteiger partial charge on any atom is -0.398 e. The Balaban J connectivity index is 2.19. The number of hydrogen-bond donors (Lipinski definition) is 1. The van der Waals surface area contributed by atoms with Crippen LogP contribution in [-0.4, -0.2) is 16.8 Å². The van der Waals surface area contributed by atoms with Crippen molar-refractivity contribution in [3.8, 4) is 0 Å². The zero-order valence-corrected chi connectivity index (χ0v) is 10.3. The van der Waals surface area contributed by atoms with Crippen molar-refractivity contribution >= 4 is 23.2 Å². The fourth-order valence-corrected chi connectivity index (χ4v) is 2.24. The molecule has 0 saturated heterocycles. The van der Waals surface area contributed by atoms with Gasteiger partial charge in [0.15, 0.2) is 0 Å². The summed E-state index contributed by atoms with van der Waals surface area (Å²) in [7, 11) is 0. The standard InChI is InChI=1S/C14H11N3O2/c1-8-11(6-3-7-16-8)17-13(18)9-4-2-5-10(15)12(9)14(17)19/h2-7H,15H2,1H3. The number of nitrogen functional groups attached to an aromatic ring is 1. The van der Waals surface area contributed by atoms with Crippen molar-refractivity contribution in [2.24, 2.45) is 0 Å². The highest BCUT2D eigenvalue weighted by Gasteiger charge is 2.38. The van der Waals surface area contributed by atoms with Gasteiger partial charge in [-0.25, -0.2) is 4.90 Å². The first-order chi connectivity index (χ1) is 9.11. The van der Waals surface area contributed by atoms with Crippen molar-refractivity contribution in [2.75, 3.05) is 10.6 Å². The van der Waals surface area contributed by atoms with Gasteiger partial charge in [0.05, 0.1) is 22.5 Å². The second kappa shape index (κ2) is 3.91. The van der Waals surface area contributed by atoms with E-state index in [0.717, 1.165) is 4.90 Å². The predicted molar refractivity (Wildman–Crippen MR) is 71.0 cm³/mol. The molecule has 0 spiro atoms. The van der Waals surface area contributed by atoms with Gasteiger partial charge in [-0.1, -0.05) is 6.07 Å². The Morgan fingerprint density at radius 1 is 1.11 bits per heavy atom. The van der Waals surface area contributed by atoms with Crippen LogP contribution in [0.25, 0.3) is 0 Å². The molecule has 5 nitrogen and oxygen atoms in total. The van der Waals surface area contributed by atoms with Crippen LogP contribution in [-0.2, 0) is 0 Å². The van der Waals surface area contributed by atoms with E-state index in [4.69, 9.17) is 5.73 Å². The van der Waals surface area contributed by atoms with Gasteiger partial charge < -0.3 is 5.73 Å². The Morgan fingerprint density at radius 3 is 2.58 bits per heavy atom. The molecule has 94 valence electrons. The lowest BCUT2D eigenvalue weighted by Gasteiger charge is -2.15.